The number of hydrogen-bond acceptors (Lipinski definition) is 1. The summed E-state index contributed by atoms with van der Waals surface area (Å²) in [5.74, 6) is -1.83. The van der Waals surface area contributed by atoms with Crippen LogP contribution in [0.5, 0.6) is 0 Å². The maximum Gasteiger partial charge on any atom is 0.421 e. The first-order valence-electron chi connectivity index (χ1n) is 4.53. The zero-order chi connectivity index (χ0) is 14.1. The first-order valence-corrected chi connectivity index (χ1v) is 4.53. The van der Waals surface area contributed by atoms with E-state index in [-0.39, 0.29) is 0 Å². The van der Waals surface area contributed by atoms with Gasteiger partial charge in [0.1, 0.15) is 5.57 Å². The summed E-state index contributed by atoms with van der Waals surface area (Å²) in [7, 11) is 0. The molecular weight excluding hydrogens is 266 g/mol. The highest BCUT2D eigenvalue weighted by Crippen LogP contribution is 2.43. The van der Waals surface area contributed by atoms with E-state index in [0.29, 0.717) is 6.08 Å². The zero-order valence-electron chi connectivity index (χ0n) is 8.56. The Hall–Kier alpha value is -1.73. The lowest BCUT2D eigenvalue weighted by Gasteiger charge is -2.21. The lowest BCUT2D eigenvalue weighted by molar-refractivity contribution is -0.173. The summed E-state index contributed by atoms with van der Waals surface area (Å²) in [5, 5.41) is 8.62. The minimum atomic E-state index is -5.66. The summed E-state index contributed by atoms with van der Waals surface area (Å²) in [4.78, 5) is 10.7. The van der Waals surface area contributed by atoms with Crippen molar-refractivity contribution in [2.24, 2.45) is 0 Å². The van der Waals surface area contributed by atoms with Crippen LogP contribution in [0.1, 0.15) is 6.42 Å². The van der Waals surface area contributed by atoms with E-state index in [9.17, 15) is 31.1 Å². The molecule has 1 aliphatic rings. The molecule has 0 aliphatic heterocycles. The molecule has 0 aromatic heterocycles. The average molecular weight is 272 g/mol. The lowest BCUT2D eigenvalue weighted by Crippen LogP contribution is -2.29. The number of carboxylic acid groups (broad SMARTS) is 1. The summed E-state index contributed by atoms with van der Waals surface area (Å²) in [6, 6.07) is 0. The molecule has 0 radical (unpaired) electrons. The fraction of sp³-hybridized carbons (Fsp3) is 0.300. The van der Waals surface area contributed by atoms with Crippen molar-refractivity contribution in [3.05, 3.63) is 34.9 Å². The van der Waals surface area contributed by atoms with Crippen LogP contribution in [0.3, 0.4) is 0 Å². The minimum Gasteiger partial charge on any atom is -0.478 e. The van der Waals surface area contributed by atoms with Gasteiger partial charge in [0.2, 0.25) is 0 Å². The third kappa shape index (κ3) is 2.93. The van der Waals surface area contributed by atoms with Crippen LogP contribution in [-0.2, 0) is 4.79 Å². The smallest absolute Gasteiger partial charge is 0.421 e. The number of carbonyl (C=O) groups is 1. The summed E-state index contributed by atoms with van der Waals surface area (Å²) in [6.45, 7) is 0. The fourth-order valence-corrected chi connectivity index (χ4v) is 1.50. The predicted molar refractivity (Wildman–Crippen MR) is 48.6 cm³/mol. The molecule has 1 rings (SSSR count). The SMILES string of the molecule is O=C(O)C1=CC=CCC1=C(C(F)(F)F)C(F)(F)F. The maximum atomic E-state index is 12.4. The quantitative estimate of drug-likeness (QED) is 0.743. The van der Waals surface area contributed by atoms with Crippen LogP contribution < -0.4 is 0 Å². The van der Waals surface area contributed by atoms with Crippen molar-refractivity contribution in [3.8, 4) is 0 Å². The number of halogens is 6. The molecule has 2 nitrogen and oxygen atoms in total. The van der Waals surface area contributed by atoms with Gasteiger partial charge in [0.05, 0.1) is 5.57 Å². The maximum absolute atomic E-state index is 12.4. The van der Waals surface area contributed by atoms with E-state index < -0.39 is 41.5 Å². The van der Waals surface area contributed by atoms with Crippen molar-refractivity contribution in [2.45, 2.75) is 18.8 Å². The highest BCUT2D eigenvalue weighted by molar-refractivity contribution is 5.93. The van der Waals surface area contributed by atoms with Gasteiger partial charge in [-0.3, -0.25) is 0 Å². The number of allylic oxidation sites excluding steroid dienone is 4. The van der Waals surface area contributed by atoms with Gasteiger partial charge in [0, 0.05) is 0 Å². The van der Waals surface area contributed by atoms with Gasteiger partial charge in [-0.1, -0.05) is 12.2 Å². The van der Waals surface area contributed by atoms with Crippen LogP contribution in [0.25, 0.3) is 0 Å². The molecule has 0 spiro atoms. The molecule has 0 saturated heterocycles. The molecule has 0 amide bonds. The highest BCUT2D eigenvalue weighted by Gasteiger charge is 2.53. The van der Waals surface area contributed by atoms with Gasteiger partial charge in [0.25, 0.3) is 0 Å². The second kappa shape index (κ2) is 4.51. The molecule has 0 saturated carbocycles. The fourth-order valence-electron chi connectivity index (χ4n) is 1.50. The molecule has 0 aromatic carbocycles. The van der Waals surface area contributed by atoms with E-state index in [1.807, 2.05) is 0 Å². The second-order valence-corrected chi connectivity index (χ2v) is 3.37. The van der Waals surface area contributed by atoms with Gasteiger partial charge in [-0.15, -0.1) is 0 Å². The standard InChI is InChI=1S/C10H6F6O2/c11-9(12,13)7(10(14,15)16)5-3-1-2-4-6(5)8(17)18/h1-2,4H,3H2,(H,17,18). The Kier molecular flexibility index (Phi) is 3.59. The third-order valence-electron chi connectivity index (χ3n) is 2.15. The Balaban J connectivity index is 3.51. The number of aliphatic carboxylic acids is 1. The molecule has 18 heavy (non-hydrogen) atoms. The molecule has 0 heterocycles. The van der Waals surface area contributed by atoms with Crippen molar-refractivity contribution in [3.63, 3.8) is 0 Å². The first-order chi connectivity index (χ1) is 8.05. The molecule has 0 fully saturated rings. The number of hydrogen-bond donors (Lipinski definition) is 1. The Bertz CT molecular complexity index is 434. The molecule has 1 N–H and O–H groups in total. The zero-order valence-corrected chi connectivity index (χ0v) is 8.56. The molecule has 0 atom stereocenters. The number of carboxylic acids is 1. The molecule has 0 bridgehead atoms. The van der Waals surface area contributed by atoms with Crippen molar-refractivity contribution in [1.82, 2.24) is 0 Å². The van der Waals surface area contributed by atoms with Gasteiger partial charge < -0.3 is 5.11 Å². The normalized spacial score (nSPS) is 16.6. The topological polar surface area (TPSA) is 37.3 Å². The van der Waals surface area contributed by atoms with E-state index in [1.165, 1.54) is 0 Å². The monoisotopic (exact) mass is 272 g/mol. The number of rotatable bonds is 1. The third-order valence-corrected chi connectivity index (χ3v) is 2.15. The number of alkyl halides is 6. The second-order valence-electron chi connectivity index (χ2n) is 3.37. The average Bonchev–Trinajstić information content (AvgIpc) is 2.13. The summed E-state index contributed by atoms with van der Waals surface area (Å²) in [6.07, 6.45) is -9.22. The van der Waals surface area contributed by atoms with E-state index in [4.69, 9.17) is 5.11 Å². The molecule has 8 heteroatoms. The molecule has 0 unspecified atom stereocenters. The van der Waals surface area contributed by atoms with Crippen LogP contribution in [0, 0.1) is 0 Å². The minimum absolute atomic E-state index is 0.707. The van der Waals surface area contributed by atoms with E-state index in [2.05, 4.69) is 0 Å². The Morgan fingerprint density at radius 1 is 1.11 bits per heavy atom. The Morgan fingerprint density at radius 3 is 2.00 bits per heavy atom. The van der Waals surface area contributed by atoms with Gasteiger partial charge >= 0.3 is 18.3 Å². The molecule has 0 aromatic rings. The molecular formula is C10H6F6O2. The van der Waals surface area contributed by atoms with Crippen LogP contribution in [0.15, 0.2) is 34.9 Å². The van der Waals surface area contributed by atoms with Crippen molar-refractivity contribution < 1.29 is 36.2 Å². The highest BCUT2D eigenvalue weighted by atomic mass is 19.4. The summed E-state index contributed by atoms with van der Waals surface area (Å²) < 4.78 is 74.5. The van der Waals surface area contributed by atoms with Crippen molar-refractivity contribution >= 4 is 5.97 Å². The van der Waals surface area contributed by atoms with Crippen LogP contribution in [0.2, 0.25) is 0 Å². The lowest BCUT2D eigenvalue weighted by atomic mass is 9.92. The van der Waals surface area contributed by atoms with Crippen LogP contribution in [-0.4, -0.2) is 23.4 Å². The van der Waals surface area contributed by atoms with Gasteiger partial charge in [0.15, 0.2) is 0 Å². The van der Waals surface area contributed by atoms with Crippen molar-refractivity contribution in [2.75, 3.05) is 0 Å². The van der Waals surface area contributed by atoms with Gasteiger partial charge in [-0.25, -0.2) is 4.79 Å². The Labute approximate surface area is 96.9 Å². The van der Waals surface area contributed by atoms with Crippen molar-refractivity contribution in [1.29, 1.82) is 0 Å². The summed E-state index contributed by atoms with van der Waals surface area (Å²) in [5.41, 5.74) is -5.04. The van der Waals surface area contributed by atoms with E-state index in [0.717, 1.165) is 12.2 Å². The van der Waals surface area contributed by atoms with Gasteiger partial charge in [-0.2, -0.15) is 26.3 Å². The largest absolute Gasteiger partial charge is 0.478 e. The predicted octanol–water partition coefficient (Wildman–Crippen LogP) is 3.38. The first kappa shape index (κ1) is 14.3. The van der Waals surface area contributed by atoms with Crippen LogP contribution >= 0.6 is 0 Å². The Morgan fingerprint density at radius 2 is 1.61 bits per heavy atom. The van der Waals surface area contributed by atoms with Gasteiger partial charge in [-0.05, 0) is 18.1 Å². The van der Waals surface area contributed by atoms with E-state index >= 15 is 0 Å². The van der Waals surface area contributed by atoms with Crippen LogP contribution in [0.4, 0.5) is 26.3 Å². The molecule has 100 valence electrons. The summed E-state index contributed by atoms with van der Waals surface area (Å²) >= 11 is 0. The van der Waals surface area contributed by atoms with E-state index in [1.54, 1.807) is 0 Å². The molecule has 1 aliphatic carbocycles.